The Morgan fingerprint density at radius 1 is 0.432 bits per heavy atom. The van der Waals surface area contributed by atoms with Crippen molar-refractivity contribution in [1.82, 2.24) is 0 Å². The van der Waals surface area contributed by atoms with E-state index in [1.54, 1.807) is 0 Å². The quantitative estimate of drug-likeness (QED) is 0.0398. The van der Waals surface area contributed by atoms with Gasteiger partial charge in [0.05, 0.1) is 40.4 Å². The summed E-state index contributed by atoms with van der Waals surface area (Å²) < 4.78 is 7.48. The Morgan fingerprint density at radius 3 is 1.25 bits per heavy atom. The van der Waals surface area contributed by atoms with Gasteiger partial charge in [0.1, 0.15) is 0 Å². The molecule has 0 spiro atoms. The third-order valence-electron chi connectivity index (χ3n) is 8.53. The van der Waals surface area contributed by atoms with Gasteiger partial charge in [-0.2, -0.15) is 0 Å². The minimum atomic E-state index is 0.481. The fraction of sp³-hybridized carbons (Fsp3) is 0.810. The van der Waals surface area contributed by atoms with Crippen LogP contribution >= 0.6 is 0 Å². The van der Waals surface area contributed by atoms with Gasteiger partial charge < -0.3 is 9.22 Å². The van der Waals surface area contributed by atoms with Crippen LogP contribution in [0.15, 0.2) is 48.6 Å². The van der Waals surface area contributed by atoms with Crippen LogP contribution in [0.4, 0.5) is 0 Å². The largest absolute Gasteiger partial charge is 0.378 e. The lowest BCUT2D eigenvalue weighted by Gasteiger charge is -2.24. The van der Waals surface area contributed by atoms with Crippen molar-refractivity contribution in [1.29, 1.82) is 0 Å². The highest BCUT2D eigenvalue weighted by Gasteiger charge is 2.11. The van der Waals surface area contributed by atoms with Gasteiger partial charge in [-0.15, -0.1) is 0 Å². The monoisotopic (exact) mass is 615 g/mol. The minimum Gasteiger partial charge on any atom is -0.378 e. The molecule has 0 rings (SSSR count). The molecule has 0 saturated carbocycles. The number of allylic oxidation sites excluding steroid dienone is 8. The number of hydrogen-bond donors (Lipinski definition) is 0. The molecule has 0 amide bonds. The Balaban J connectivity index is 3.92. The van der Waals surface area contributed by atoms with E-state index in [1.807, 2.05) is 0 Å². The number of hydrogen-bond acceptors (Lipinski definition) is 1. The van der Waals surface area contributed by atoms with E-state index in [1.165, 1.54) is 161 Å². The summed E-state index contributed by atoms with van der Waals surface area (Å²) in [7, 11) is 6.85. The lowest BCUT2D eigenvalue weighted by Crippen LogP contribution is -2.36. The van der Waals surface area contributed by atoms with E-state index in [9.17, 15) is 0 Å². The normalized spacial score (nSPS) is 13.5. The molecule has 44 heavy (non-hydrogen) atoms. The molecule has 0 aliphatic heterocycles. The second-order valence-corrected chi connectivity index (χ2v) is 14.3. The van der Waals surface area contributed by atoms with Crippen LogP contribution in [-0.4, -0.2) is 44.9 Å². The van der Waals surface area contributed by atoms with Crippen molar-refractivity contribution in [3.63, 3.8) is 0 Å². The minimum absolute atomic E-state index is 0.481. The van der Waals surface area contributed by atoms with Gasteiger partial charge >= 0.3 is 0 Å². The van der Waals surface area contributed by atoms with Gasteiger partial charge in [-0.1, -0.05) is 152 Å². The first-order valence-corrected chi connectivity index (χ1v) is 19.5. The van der Waals surface area contributed by atoms with Crippen LogP contribution in [0.1, 0.15) is 181 Å². The van der Waals surface area contributed by atoms with Crippen LogP contribution < -0.4 is 0 Å². The zero-order chi connectivity index (χ0) is 32.2. The predicted octanol–water partition coefficient (Wildman–Crippen LogP) is 13.5. The standard InChI is InChI=1S/C42H80NO/c1-6-8-10-12-14-16-18-20-22-24-26-28-30-32-34-36-39-42(44-41-37-40-43(3,4)5)38-35-33-31-29-27-25-23-21-19-17-15-13-11-9-7-2/h13-16,19-22,42H,6-12,17-18,23-41H2,1-5H3/q+1/b15-13+,16-14+,21-19+,22-20+. The van der Waals surface area contributed by atoms with Crippen molar-refractivity contribution in [2.75, 3.05) is 34.3 Å². The van der Waals surface area contributed by atoms with Gasteiger partial charge in [0.15, 0.2) is 0 Å². The molecule has 0 aromatic carbocycles. The van der Waals surface area contributed by atoms with E-state index in [2.05, 4.69) is 83.6 Å². The van der Waals surface area contributed by atoms with Gasteiger partial charge in [-0.05, 0) is 70.6 Å². The van der Waals surface area contributed by atoms with E-state index in [0.717, 1.165) is 23.9 Å². The van der Waals surface area contributed by atoms with Crippen LogP contribution in [0.2, 0.25) is 0 Å². The average molecular weight is 615 g/mol. The molecule has 0 aromatic heterocycles. The van der Waals surface area contributed by atoms with Crippen LogP contribution in [0.5, 0.6) is 0 Å². The molecule has 0 radical (unpaired) electrons. The summed E-state index contributed by atoms with van der Waals surface area (Å²) in [4.78, 5) is 0. The zero-order valence-corrected chi connectivity index (χ0v) is 30.9. The summed E-state index contributed by atoms with van der Waals surface area (Å²) in [6.45, 7) is 6.66. The van der Waals surface area contributed by atoms with Gasteiger partial charge in [0, 0.05) is 6.42 Å². The van der Waals surface area contributed by atoms with Gasteiger partial charge in [-0.3, -0.25) is 0 Å². The molecule has 0 aromatic rings. The summed E-state index contributed by atoms with van der Waals surface area (Å²) in [6, 6.07) is 0. The van der Waals surface area contributed by atoms with E-state index in [0.29, 0.717) is 6.10 Å². The second-order valence-electron chi connectivity index (χ2n) is 14.3. The molecule has 0 aliphatic carbocycles. The maximum absolute atomic E-state index is 6.45. The molecular weight excluding hydrogens is 534 g/mol. The van der Waals surface area contributed by atoms with E-state index in [-0.39, 0.29) is 0 Å². The van der Waals surface area contributed by atoms with E-state index < -0.39 is 0 Å². The first-order chi connectivity index (χ1) is 21.5. The smallest absolute Gasteiger partial charge is 0.0802 e. The van der Waals surface area contributed by atoms with Gasteiger partial charge in [0.2, 0.25) is 0 Å². The third kappa shape index (κ3) is 37.1. The molecule has 1 unspecified atom stereocenters. The second kappa shape index (κ2) is 34.7. The number of unbranched alkanes of at least 4 members (excludes halogenated alkanes) is 17. The lowest BCUT2D eigenvalue weighted by atomic mass is 10.0. The lowest BCUT2D eigenvalue weighted by molar-refractivity contribution is -0.870. The first kappa shape index (κ1) is 42.9. The van der Waals surface area contributed by atoms with Crippen molar-refractivity contribution >= 4 is 0 Å². The number of rotatable bonds is 34. The van der Waals surface area contributed by atoms with Crippen LogP contribution in [0.25, 0.3) is 0 Å². The molecule has 0 aliphatic rings. The van der Waals surface area contributed by atoms with E-state index >= 15 is 0 Å². The fourth-order valence-corrected chi connectivity index (χ4v) is 5.63. The molecule has 0 heterocycles. The topological polar surface area (TPSA) is 9.23 Å². The van der Waals surface area contributed by atoms with Gasteiger partial charge in [-0.25, -0.2) is 0 Å². The maximum Gasteiger partial charge on any atom is 0.0802 e. The summed E-state index contributed by atoms with van der Waals surface area (Å²) in [6.07, 6.45) is 53.3. The molecule has 0 bridgehead atoms. The Bertz CT molecular complexity index is 668. The molecular formula is C42H80NO+. The fourth-order valence-electron chi connectivity index (χ4n) is 5.63. The summed E-state index contributed by atoms with van der Waals surface area (Å²) >= 11 is 0. The molecule has 2 nitrogen and oxygen atoms in total. The van der Waals surface area contributed by atoms with Crippen molar-refractivity contribution in [3.05, 3.63) is 48.6 Å². The Kier molecular flexibility index (Phi) is 33.9. The zero-order valence-electron chi connectivity index (χ0n) is 30.9. The van der Waals surface area contributed by atoms with Crippen molar-refractivity contribution in [2.24, 2.45) is 0 Å². The maximum atomic E-state index is 6.45. The molecule has 0 saturated heterocycles. The summed E-state index contributed by atoms with van der Waals surface area (Å²) in [5.41, 5.74) is 0. The van der Waals surface area contributed by atoms with Crippen LogP contribution in [0.3, 0.4) is 0 Å². The number of ether oxygens (including phenoxy) is 1. The van der Waals surface area contributed by atoms with Crippen LogP contribution in [-0.2, 0) is 4.74 Å². The predicted molar refractivity (Wildman–Crippen MR) is 201 cm³/mol. The third-order valence-corrected chi connectivity index (χ3v) is 8.53. The highest BCUT2D eigenvalue weighted by molar-refractivity contribution is 4.93. The molecule has 0 N–H and O–H groups in total. The SMILES string of the molecule is CCCC/C=C/C/C=C/CCCCCCCCC(CCCCCCCC/C=C/C/C=C/CCCCC)OCCC[N+](C)(C)C. The average Bonchev–Trinajstić information content (AvgIpc) is 3.00. The number of nitrogens with zero attached hydrogens (tertiary/aromatic N) is 1. The van der Waals surface area contributed by atoms with Crippen molar-refractivity contribution < 1.29 is 9.22 Å². The number of quaternary nitrogens is 1. The molecule has 258 valence electrons. The highest BCUT2D eigenvalue weighted by atomic mass is 16.5. The molecule has 2 heteroatoms. The summed E-state index contributed by atoms with van der Waals surface area (Å²) in [5.74, 6) is 0. The van der Waals surface area contributed by atoms with Crippen molar-refractivity contribution in [2.45, 2.75) is 187 Å². The molecule has 1 atom stereocenters. The Hall–Kier alpha value is -1.12. The van der Waals surface area contributed by atoms with Crippen molar-refractivity contribution in [3.8, 4) is 0 Å². The van der Waals surface area contributed by atoms with E-state index in [4.69, 9.17) is 4.74 Å². The highest BCUT2D eigenvalue weighted by Crippen LogP contribution is 2.18. The first-order valence-electron chi connectivity index (χ1n) is 19.5. The Labute approximate surface area is 278 Å². The Morgan fingerprint density at radius 2 is 0.818 bits per heavy atom. The molecule has 0 fully saturated rings. The van der Waals surface area contributed by atoms with Gasteiger partial charge in [0.25, 0.3) is 0 Å². The van der Waals surface area contributed by atoms with Crippen LogP contribution in [0, 0.1) is 0 Å². The summed E-state index contributed by atoms with van der Waals surface area (Å²) in [5, 5.41) is 0.